The molecule has 3 N–H and O–H groups in total. The van der Waals surface area contributed by atoms with Crippen molar-refractivity contribution in [2.45, 2.75) is 197 Å². The van der Waals surface area contributed by atoms with Crippen LogP contribution >= 0.6 is 0 Å². The molecule has 0 amide bonds. The first-order valence-electron chi connectivity index (χ1n) is 25.2. The summed E-state index contributed by atoms with van der Waals surface area (Å²) in [6.45, 7) is 0. The highest BCUT2D eigenvalue weighted by molar-refractivity contribution is 5.45. The van der Waals surface area contributed by atoms with Gasteiger partial charge in [-0.15, -0.1) is 0 Å². The van der Waals surface area contributed by atoms with Gasteiger partial charge in [-0.05, 0) is 168 Å². The predicted octanol–water partition coefficient (Wildman–Crippen LogP) is 10.1. The van der Waals surface area contributed by atoms with Gasteiger partial charge in [0.2, 0.25) is 0 Å². The molecule has 9 aliphatic carbocycles. The quantitative estimate of drug-likeness (QED) is 0.248. The molecule has 19 atom stereocenters. The molecule has 1 spiro atoms. The van der Waals surface area contributed by atoms with Crippen LogP contribution in [-0.2, 0) is 9.47 Å². The summed E-state index contributed by atoms with van der Waals surface area (Å²) in [7, 11) is 0. The van der Waals surface area contributed by atoms with Gasteiger partial charge < -0.3 is 9.47 Å². The number of ether oxygens (including phenoxy) is 2. The van der Waals surface area contributed by atoms with Crippen molar-refractivity contribution in [3.05, 3.63) is 35.5 Å². The second-order valence-electron chi connectivity index (χ2n) is 22.2. The zero-order valence-corrected chi connectivity index (χ0v) is 35.0. The molecule has 8 fully saturated rings. The summed E-state index contributed by atoms with van der Waals surface area (Å²) < 4.78 is 14.4. The van der Waals surface area contributed by atoms with E-state index in [0.717, 1.165) is 24.2 Å². The Hall–Kier alpha value is -1.49. The average Bonchev–Trinajstić information content (AvgIpc) is 3.79. The third-order valence-electron chi connectivity index (χ3n) is 20.0. The van der Waals surface area contributed by atoms with E-state index in [1.807, 2.05) is 11.1 Å². The summed E-state index contributed by atoms with van der Waals surface area (Å²) in [4.78, 5) is 0. The summed E-state index contributed by atoms with van der Waals surface area (Å²) in [5, 5.41) is 23.8. The predicted molar refractivity (Wildman–Crippen MR) is 224 cm³/mol. The number of nitrogens with zero attached hydrogens (tertiary/aromatic N) is 1. The lowest BCUT2D eigenvalue weighted by molar-refractivity contribution is -0.202. The fraction of sp³-hybridized carbons (Fsp3) is 0.863. The molecule has 0 aromatic carbocycles. The third kappa shape index (κ3) is 5.98. The highest BCUT2D eigenvalue weighted by Gasteiger charge is 2.68. The van der Waals surface area contributed by atoms with Crippen molar-refractivity contribution in [3.8, 4) is 6.07 Å². The average molecular weight is 775 g/mol. The van der Waals surface area contributed by atoms with E-state index in [1.54, 1.807) is 0 Å². The van der Waals surface area contributed by atoms with E-state index in [1.165, 1.54) is 148 Å². The maximum atomic E-state index is 10.8. The largest absolute Gasteiger partial charge is 0.374 e. The highest BCUT2D eigenvalue weighted by Crippen LogP contribution is 2.72. The van der Waals surface area contributed by atoms with E-state index in [2.05, 4.69) is 46.3 Å². The summed E-state index contributed by atoms with van der Waals surface area (Å²) in [5.74, 6) is 7.48. The van der Waals surface area contributed by atoms with E-state index < -0.39 is 0 Å². The molecule has 12 rings (SSSR count). The fourth-order valence-electron chi connectivity index (χ4n) is 17.9. The van der Waals surface area contributed by atoms with E-state index in [0.29, 0.717) is 84.2 Å². The topological polar surface area (TPSA) is 78.3 Å². The lowest BCUT2D eigenvalue weighted by Crippen LogP contribution is -2.73. The Labute approximate surface area is 344 Å². The van der Waals surface area contributed by atoms with Crippen molar-refractivity contribution in [2.24, 2.45) is 76.4 Å². The minimum Gasteiger partial charge on any atom is -0.374 e. The molecule has 3 saturated heterocycles. The summed E-state index contributed by atoms with van der Waals surface area (Å²) >= 11 is 0. The van der Waals surface area contributed by atoms with Gasteiger partial charge >= 0.3 is 0 Å². The molecule has 5 saturated carbocycles. The Balaban J connectivity index is 0.852. The molecule has 6 nitrogen and oxygen atoms in total. The second-order valence-corrected chi connectivity index (χ2v) is 22.2. The monoisotopic (exact) mass is 775 g/mol. The Kier molecular flexibility index (Phi) is 9.91. The number of nitriles is 1. The molecule has 310 valence electrons. The zero-order chi connectivity index (χ0) is 37.7. The van der Waals surface area contributed by atoms with E-state index in [9.17, 15) is 5.26 Å². The molecular formula is C51H74N4O2. The van der Waals surface area contributed by atoms with Gasteiger partial charge in [0.05, 0.1) is 54.9 Å². The summed E-state index contributed by atoms with van der Waals surface area (Å²) in [6.07, 6.45) is 44.3. The first kappa shape index (κ1) is 37.3. The number of hydrogen-bond donors (Lipinski definition) is 3. The van der Waals surface area contributed by atoms with Crippen LogP contribution in [0.4, 0.5) is 0 Å². The Bertz CT molecular complexity index is 1640. The second kappa shape index (κ2) is 15.1. The molecule has 12 aliphatic rings. The van der Waals surface area contributed by atoms with E-state index in [-0.39, 0.29) is 17.4 Å². The molecule has 3 aliphatic heterocycles. The fourth-order valence-corrected chi connectivity index (χ4v) is 17.9. The van der Waals surface area contributed by atoms with Crippen LogP contribution in [0.2, 0.25) is 0 Å². The van der Waals surface area contributed by atoms with Gasteiger partial charge in [-0.2, -0.15) is 5.26 Å². The standard InChI is InChI=1S/C51H74N4O2/c52-29-33-26-42-47(37-16-5-4-14-34(33)37)38-17-6-8-18-39(38)51(42)40-19-9-11-21-44(40)57-46-28-32(23-25-41(46)51)50-54-48(30-12-2-1-3-13-30)53-49(55-50)31-22-24-36-35-15-7-10-20-43(35)56-45(36)27-31/h6,11,17,21,30-41,43-46,48-50,53-55H,1-5,7-10,12-16,18-20,22-28H2. The van der Waals surface area contributed by atoms with E-state index in [4.69, 9.17) is 9.47 Å². The number of fused-ring (bicyclic) bond motifs is 13. The van der Waals surface area contributed by atoms with Crippen LogP contribution in [0.3, 0.4) is 0 Å². The van der Waals surface area contributed by atoms with Gasteiger partial charge in [0.25, 0.3) is 0 Å². The van der Waals surface area contributed by atoms with Crippen molar-refractivity contribution in [1.82, 2.24) is 16.0 Å². The van der Waals surface area contributed by atoms with Gasteiger partial charge in [-0.25, -0.2) is 0 Å². The molecule has 0 aromatic heterocycles. The lowest BCUT2D eigenvalue weighted by atomic mass is 9.47. The van der Waals surface area contributed by atoms with Gasteiger partial charge in [0, 0.05) is 11.3 Å². The van der Waals surface area contributed by atoms with Gasteiger partial charge in [-0.3, -0.25) is 16.0 Å². The Morgan fingerprint density at radius 2 is 1.23 bits per heavy atom. The van der Waals surface area contributed by atoms with Crippen LogP contribution in [0.5, 0.6) is 0 Å². The Morgan fingerprint density at radius 3 is 2.05 bits per heavy atom. The van der Waals surface area contributed by atoms with Crippen molar-refractivity contribution >= 4 is 0 Å². The number of nitrogens with one attached hydrogen (secondary N) is 3. The first-order valence-corrected chi connectivity index (χ1v) is 25.2. The van der Waals surface area contributed by atoms with Gasteiger partial charge in [0.1, 0.15) is 0 Å². The van der Waals surface area contributed by atoms with Crippen LogP contribution in [0, 0.1) is 87.8 Å². The first-order chi connectivity index (χ1) is 28.2. The molecule has 19 unspecified atom stereocenters. The minimum absolute atomic E-state index is 0.199. The Morgan fingerprint density at radius 1 is 0.561 bits per heavy atom. The van der Waals surface area contributed by atoms with Gasteiger partial charge in [-0.1, -0.05) is 80.4 Å². The smallest absolute Gasteiger partial charge is 0.0796 e. The molecule has 57 heavy (non-hydrogen) atoms. The van der Waals surface area contributed by atoms with Crippen molar-refractivity contribution in [2.75, 3.05) is 0 Å². The lowest BCUT2D eigenvalue weighted by Gasteiger charge is -2.62. The maximum absolute atomic E-state index is 10.8. The molecule has 3 heterocycles. The molecule has 0 bridgehead atoms. The normalized spacial score (nSPS) is 53.1. The number of rotatable bonds is 3. The zero-order valence-electron chi connectivity index (χ0n) is 35.0. The van der Waals surface area contributed by atoms with Crippen LogP contribution in [0.25, 0.3) is 0 Å². The van der Waals surface area contributed by atoms with Crippen molar-refractivity contribution < 1.29 is 9.47 Å². The molecule has 0 aromatic rings. The van der Waals surface area contributed by atoms with Crippen molar-refractivity contribution in [3.63, 3.8) is 0 Å². The molecular weight excluding hydrogens is 701 g/mol. The third-order valence-corrected chi connectivity index (χ3v) is 20.0. The minimum atomic E-state index is 0.199. The molecule has 6 heteroatoms. The van der Waals surface area contributed by atoms with Crippen LogP contribution in [0.15, 0.2) is 35.5 Å². The van der Waals surface area contributed by atoms with Crippen LogP contribution in [-0.4, -0.2) is 42.9 Å². The number of hydrogen-bond acceptors (Lipinski definition) is 6. The van der Waals surface area contributed by atoms with Crippen molar-refractivity contribution in [1.29, 1.82) is 5.26 Å². The molecule has 0 radical (unpaired) electrons. The van der Waals surface area contributed by atoms with E-state index >= 15 is 0 Å². The van der Waals surface area contributed by atoms with Crippen LogP contribution < -0.4 is 16.0 Å². The van der Waals surface area contributed by atoms with Crippen LogP contribution in [0.1, 0.15) is 154 Å². The highest BCUT2D eigenvalue weighted by atomic mass is 16.5. The summed E-state index contributed by atoms with van der Waals surface area (Å²) in [6, 6.07) is 2.97. The van der Waals surface area contributed by atoms with Gasteiger partial charge in [0.15, 0.2) is 0 Å². The SMILES string of the molecule is N#CC1CC2=C(C3C=CCCC3C23C2CCC=CC2OC2CC(C4NC(C5CCCCC5)NC(C5CCC6C(C5)OC5CCCCC56)N4)CCC23)C2CCCCC12. The summed E-state index contributed by atoms with van der Waals surface area (Å²) in [5.41, 5.74) is 3.91. The number of allylic oxidation sites excluding steroid dienone is 5. The maximum Gasteiger partial charge on any atom is 0.0796 e.